The van der Waals surface area contributed by atoms with Crippen molar-refractivity contribution in [1.29, 1.82) is 0 Å². The van der Waals surface area contributed by atoms with Gasteiger partial charge in [-0.15, -0.1) is 0 Å². The van der Waals surface area contributed by atoms with Crippen LogP contribution in [0.1, 0.15) is 6.92 Å². The summed E-state index contributed by atoms with van der Waals surface area (Å²) in [6.45, 7) is 0.947. The standard InChI is InChI=1S/C5H8N2O5.2K/c1-3(8)4(5(9)12-2)7(11)6-10;;/h8,10H,1-2H3;;/q;2*+1/p-2/b4-3+,7-6-;;. The Labute approximate surface area is 166 Å². The van der Waals surface area contributed by atoms with Crippen molar-refractivity contribution in [1.82, 2.24) is 0 Å². The van der Waals surface area contributed by atoms with Crippen molar-refractivity contribution < 1.29 is 122 Å². The fourth-order valence-electron chi connectivity index (χ4n) is 0.494. The Balaban J connectivity index is -0.000000605. The molecule has 7 nitrogen and oxygen atoms in total. The molecule has 9 heteroatoms. The second-order valence-electron chi connectivity index (χ2n) is 1.75. The average Bonchev–Trinajstić information content (AvgIpc) is 2.03. The van der Waals surface area contributed by atoms with Gasteiger partial charge in [0.05, 0.1) is 7.11 Å². The van der Waals surface area contributed by atoms with Crippen LogP contribution in [0.3, 0.4) is 0 Å². The summed E-state index contributed by atoms with van der Waals surface area (Å²) in [5.41, 5.74) is -0.937. The van der Waals surface area contributed by atoms with Crippen molar-refractivity contribution in [3.8, 4) is 0 Å². The minimum atomic E-state index is -1.18. The molecule has 0 bridgehead atoms. The Hall–Kier alpha value is 1.48. The molecule has 0 aromatic rings. The Kier molecular flexibility index (Phi) is 16.3. The molecule has 0 aliphatic heterocycles. The third-order valence-corrected chi connectivity index (χ3v) is 0.978. The molecule has 0 aliphatic carbocycles. The van der Waals surface area contributed by atoms with Gasteiger partial charge >= 0.3 is 114 Å². The first-order valence-electron chi connectivity index (χ1n) is 2.81. The van der Waals surface area contributed by atoms with Crippen LogP contribution in [0.25, 0.3) is 0 Å². The van der Waals surface area contributed by atoms with Crippen LogP contribution >= 0.6 is 0 Å². The van der Waals surface area contributed by atoms with Gasteiger partial charge < -0.3 is 20.3 Å². The third kappa shape index (κ3) is 6.87. The van der Waals surface area contributed by atoms with Gasteiger partial charge in [0.15, 0.2) is 0 Å². The van der Waals surface area contributed by atoms with E-state index < -0.39 is 22.3 Å². The van der Waals surface area contributed by atoms with Crippen molar-refractivity contribution >= 4 is 5.97 Å². The second kappa shape index (κ2) is 11.0. The minimum absolute atomic E-state index is 0. The molecule has 0 fully saturated rings. The molecule has 68 valence electrons. The summed E-state index contributed by atoms with van der Waals surface area (Å²) in [6, 6.07) is 0. The van der Waals surface area contributed by atoms with Crippen LogP contribution in [0.2, 0.25) is 0 Å². The first-order valence-corrected chi connectivity index (χ1v) is 2.81. The van der Waals surface area contributed by atoms with E-state index in [-0.39, 0.29) is 103 Å². The maximum atomic E-state index is 10.6. The summed E-state index contributed by atoms with van der Waals surface area (Å²) in [6.07, 6.45) is 0. The Morgan fingerprint density at radius 3 is 2.07 bits per heavy atom. The van der Waals surface area contributed by atoms with Gasteiger partial charge in [0.1, 0.15) is 0 Å². The summed E-state index contributed by atoms with van der Waals surface area (Å²) in [7, 11) is 0.976. The molecule has 0 rings (SSSR count). The fourth-order valence-corrected chi connectivity index (χ4v) is 0.494. The quantitative estimate of drug-likeness (QED) is 0.0922. The molecule has 0 atom stereocenters. The average molecular weight is 252 g/mol. The van der Waals surface area contributed by atoms with E-state index in [0.717, 1.165) is 14.0 Å². The van der Waals surface area contributed by atoms with Gasteiger partial charge in [0.25, 0.3) is 0 Å². The summed E-state index contributed by atoms with van der Waals surface area (Å²) in [5.74, 6) is -2.06. The number of hydroxylamine groups is 1. The van der Waals surface area contributed by atoms with Gasteiger partial charge in [-0.1, -0.05) is 4.86 Å². The molecule has 0 heterocycles. The van der Waals surface area contributed by atoms with E-state index in [1.165, 1.54) is 0 Å². The van der Waals surface area contributed by atoms with Gasteiger partial charge in [-0.05, 0) is 18.0 Å². The van der Waals surface area contributed by atoms with Crippen molar-refractivity contribution in [3.05, 3.63) is 21.9 Å². The molecule has 0 aromatic carbocycles. The number of nitrogens with zero attached hydrogens (tertiary/aromatic N) is 2. The maximum Gasteiger partial charge on any atom is 1.00 e. The van der Waals surface area contributed by atoms with Gasteiger partial charge in [0.2, 0.25) is 0 Å². The largest absolute Gasteiger partial charge is 1.00 e. The zero-order valence-electron chi connectivity index (χ0n) is 8.44. The van der Waals surface area contributed by atoms with Crippen molar-refractivity contribution in [3.63, 3.8) is 0 Å². The molecule has 0 aromatic heterocycles. The van der Waals surface area contributed by atoms with Crippen LogP contribution in [0.5, 0.6) is 0 Å². The topological polar surface area (TPSA) is 111 Å². The number of carbonyl (C=O) groups excluding carboxylic acids is 1. The zero-order chi connectivity index (χ0) is 9.72. The molecule has 0 N–H and O–H groups in total. The molecular formula is C5H6K2N2O5. The van der Waals surface area contributed by atoms with Gasteiger partial charge in [-0.3, -0.25) is 0 Å². The number of allylic oxidation sites excluding steroid dienone is 1. The molecule has 0 saturated carbocycles. The van der Waals surface area contributed by atoms with Crippen LogP contribution < -0.4 is 108 Å². The van der Waals surface area contributed by atoms with E-state index >= 15 is 0 Å². The van der Waals surface area contributed by atoms with Crippen molar-refractivity contribution in [2.24, 2.45) is 5.28 Å². The fraction of sp³-hybridized carbons (Fsp3) is 0.400. The minimum Gasteiger partial charge on any atom is -0.871 e. The van der Waals surface area contributed by atoms with Gasteiger partial charge in [-0.2, -0.15) is 0 Å². The first kappa shape index (κ1) is 20.8. The Morgan fingerprint density at radius 2 is 1.86 bits per heavy atom. The normalized spacial score (nSPS) is 11.7. The predicted molar refractivity (Wildman–Crippen MR) is 34.1 cm³/mol. The molecular weight excluding hydrogens is 246 g/mol. The number of hydrogen-bond donors (Lipinski definition) is 0. The summed E-state index contributed by atoms with van der Waals surface area (Å²) in [4.78, 5) is 10.0. The number of hydrogen-bond acceptors (Lipinski definition) is 6. The number of rotatable bonds is 2. The third-order valence-electron chi connectivity index (χ3n) is 0.978. The van der Waals surface area contributed by atoms with Crippen LogP contribution in [0, 0.1) is 10.4 Å². The zero-order valence-corrected chi connectivity index (χ0v) is 14.7. The van der Waals surface area contributed by atoms with Crippen LogP contribution in [0.15, 0.2) is 16.7 Å². The summed E-state index contributed by atoms with van der Waals surface area (Å²) < 4.78 is 4.06. The van der Waals surface area contributed by atoms with E-state index in [2.05, 4.69) is 4.74 Å². The number of carbonyl (C=O) groups is 1. The number of ether oxygens (including phenoxy) is 1. The summed E-state index contributed by atoms with van der Waals surface area (Å²) in [5, 5.41) is 32.5. The van der Waals surface area contributed by atoms with E-state index in [1.54, 1.807) is 0 Å². The van der Waals surface area contributed by atoms with Crippen LogP contribution in [-0.2, 0) is 9.53 Å². The molecule has 0 amide bonds. The van der Waals surface area contributed by atoms with Gasteiger partial charge in [-0.25, -0.2) is 4.79 Å². The van der Waals surface area contributed by atoms with E-state index in [0.29, 0.717) is 0 Å². The second-order valence-corrected chi connectivity index (χ2v) is 1.75. The molecule has 0 unspecified atom stereocenters. The first-order chi connectivity index (χ1) is 5.54. The Bertz CT molecular complexity index is 249. The molecule has 14 heavy (non-hydrogen) atoms. The predicted octanol–water partition coefficient (Wildman–Crippen LogP) is -6.78. The van der Waals surface area contributed by atoms with E-state index in [9.17, 15) is 20.3 Å². The molecule has 0 saturated heterocycles. The SMILES string of the molecule is COC(=O)C(=C(/C)[O-])/[N+]([O-])=N/[O-].[K+].[K+]. The van der Waals surface area contributed by atoms with Crippen molar-refractivity contribution in [2.45, 2.75) is 6.92 Å². The van der Waals surface area contributed by atoms with E-state index in [4.69, 9.17) is 0 Å². The number of esters is 1. The maximum absolute atomic E-state index is 10.6. The number of methoxy groups -OCH3 is 1. The van der Waals surface area contributed by atoms with Crippen molar-refractivity contribution in [2.75, 3.05) is 7.11 Å². The van der Waals surface area contributed by atoms with Crippen LogP contribution in [-0.4, -0.2) is 17.9 Å². The van der Waals surface area contributed by atoms with E-state index in [1.807, 2.05) is 5.28 Å². The Morgan fingerprint density at radius 1 is 1.43 bits per heavy atom. The summed E-state index contributed by atoms with van der Waals surface area (Å²) >= 11 is 0. The molecule has 0 spiro atoms. The van der Waals surface area contributed by atoms with Crippen LogP contribution in [0.4, 0.5) is 0 Å². The molecule has 0 radical (unpaired) electrons. The molecule has 0 aliphatic rings. The smallest absolute Gasteiger partial charge is 0.871 e. The monoisotopic (exact) mass is 252 g/mol. The van der Waals surface area contributed by atoms with Gasteiger partial charge in [0, 0.05) is 0 Å².